The Morgan fingerprint density at radius 2 is 1.71 bits per heavy atom. The minimum atomic E-state index is -0.138. The Balaban J connectivity index is 1.89. The van der Waals surface area contributed by atoms with E-state index in [0.29, 0.717) is 16.0 Å². The van der Waals surface area contributed by atoms with Crippen LogP contribution in [-0.2, 0) is 5.75 Å². The summed E-state index contributed by atoms with van der Waals surface area (Å²) in [4.78, 5) is 13.1. The molecule has 0 saturated heterocycles. The average molecular weight is 350 g/mol. The van der Waals surface area contributed by atoms with Gasteiger partial charge in [-0.05, 0) is 5.56 Å². The Bertz CT molecular complexity index is 896. The highest BCUT2D eigenvalue weighted by atomic mass is 32.2. The molecule has 0 amide bonds. The predicted octanol–water partition coefficient (Wildman–Crippen LogP) is 4.73. The van der Waals surface area contributed by atoms with Crippen LogP contribution < -0.4 is 5.73 Å². The number of carbonyl (C=O) groups excluding carboxylic acids is 1. The second kappa shape index (κ2) is 7.35. The third kappa shape index (κ3) is 3.35. The summed E-state index contributed by atoms with van der Waals surface area (Å²) in [6.07, 6.45) is 0. The molecule has 3 nitrogen and oxygen atoms in total. The van der Waals surface area contributed by atoms with Crippen LogP contribution in [0.3, 0.4) is 0 Å². The Hall–Kier alpha value is -2.55. The molecule has 1 heterocycles. The van der Waals surface area contributed by atoms with Gasteiger partial charge < -0.3 is 5.73 Å². The first kappa shape index (κ1) is 16.3. The van der Waals surface area contributed by atoms with Gasteiger partial charge in [-0.25, -0.2) is 0 Å². The van der Waals surface area contributed by atoms with Gasteiger partial charge in [-0.15, -0.1) is 23.1 Å². The first-order chi connectivity index (χ1) is 11.7. The highest BCUT2D eigenvalue weighted by molar-refractivity contribution is 8.00. The fourth-order valence-electron chi connectivity index (χ4n) is 2.24. The first-order valence-corrected chi connectivity index (χ1v) is 9.09. The molecule has 1 aromatic heterocycles. The van der Waals surface area contributed by atoms with E-state index < -0.39 is 0 Å². The van der Waals surface area contributed by atoms with Crippen LogP contribution in [0.2, 0.25) is 0 Å². The second-order valence-corrected chi connectivity index (χ2v) is 7.35. The number of anilines is 1. The number of hydrogen-bond acceptors (Lipinski definition) is 5. The SMILES string of the molecule is N#Cc1c(SCc2ccccc2)sc(C(=O)c2ccccc2)c1N. The van der Waals surface area contributed by atoms with Gasteiger partial charge in [0.2, 0.25) is 5.78 Å². The number of ketones is 1. The van der Waals surface area contributed by atoms with E-state index in [4.69, 9.17) is 5.73 Å². The van der Waals surface area contributed by atoms with Crippen LogP contribution in [0.4, 0.5) is 5.69 Å². The summed E-state index contributed by atoms with van der Waals surface area (Å²) >= 11 is 2.83. The Morgan fingerprint density at radius 3 is 2.33 bits per heavy atom. The number of benzene rings is 2. The molecule has 0 saturated carbocycles. The summed E-state index contributed by atoms with van der Waals surface area (Å²) in [6.45, 7) is 0. The predicted molar refractivity (Wildman–Crippen MR) is 99.3 cm³/mol. The van der Waals surface area contributed by atoms with Crippen molar-refractivity contribution in [2.24, 2.45) is 0 Å². The molecule has 0 radical (unpaired) electrons. The third-order valence-electron chi connectivity index (χ3n) is 3.48. The zero-order valence-electron chi connectivity index (χ0n) is 12.7. The van der Waals surface area contributed by atoms with Gasteiger partial charge in [0.05, 0.1) is 9.90 Å². The second-order valence-electron chi connectivity index (χ2n) is 5.09. The van der Waals surface area contributed by atoms with Crippen LogP contribution in [0, 0.1) is 11.3 Å². The fraction of sp³-hybridized carbons (Fsp3) is 0.0526. The summed E-state index contributed by atoms with van der Waals surface area (Å²) in [6, 6.07) is 21.1. The topological polar surface area (TPSA) is 66.9 Å². The molecule has 0 atom stereocenters. The molecular weight excluding hydrogens is 336 g/mol. The molecule has 0 fully saturated rings. The zero-order chi connectivity index (χ0) is 16.9. The molecule has 0 aliphatic heterocycles. The maximum atomic E-state index is 12.6. The number of thioether (sulfide) groups is 1. The van der Waals surface area contributed by atoms with Crippen molar-refractivity contribution in [3.63, 3.8) is 0 Å². The summed E-state index contributed by atoms with van der Waals surface area (Å²) in [5.74, 6) is 0.593. The molecular formula is C19H14N2OS2. The number of thiophene rings is 1. The smallest absolute Gasteiger partial charge is 0.205 e. The number of nitrogens with two attached hydrogens (primary N) is 1. The van der Waals surface area contributed by atoms with E-state index in [1.54, 1.807) is 12.1 Å². The maximum absolute atomic E-state index is 12.6. The quantitative estimate of drug-likeness (QED) is 0.534. The van der Waals surface area contributed by atoms with Gasteiger partial charge in [-0.1, -0.05) is 60.7 Å². The number of nitriles is 1. The molecule has 2 aromatic carbocycles. The molecule has 0 aliphatic rings. The highest BCUT2D eigenvalue weighted by Crippen LogP contribution is 2.40. The monoisotopic (exact) mass is 350 g/mol. The van der Waals surface area contributed by atoms with E-state index in [1.165, 1.54) is 23.1 Å². The largest absolute Gasteiger partial charge is 0.396 e. The zero-order valence-corrected chi connectivity index (χ0v) is 14.4. The van der Waals surface area contributed by atoms with Gasteiger partial charge in [-0.2, -0.15) is 5.26 Å². The van der Waals surface area contributed by atoms with Crippen LogP contribution in [0.15, 0.2) is 64.9 Å². The van der Waals surface area contributed by atoms with Gasteiger partial charge in [0.25, 0.3) is 0 Å². The molecule has 2 N–H and O–H groups in total. The van der Waals surface area contributed by atoms with E-state index in [2.05, 4.69) is 6.07 Å². The van der Waals surface area contributed by atoms with Crippen molar-refractivity contribution in [2.75, 3.05) is 5.73 Å². The van der Waals surface area contributed by atoms with Crippen LogP contribution in [-0.4, -0.2) is 5.78 Å². The molecule has 118 valence electrons. The molecule has 0 bridgehead atoms. The standard InChI is InChI=1S/C19H14N2OS2/c20-11-15-16(21)18(17(22)14-9-5-2-6-10-14)24-19(15)23-12-13-7-3-1-4-8-13/h1-10H,12,21H2. The molecule has 3 rings (SSSR count). The molecule has 0 aliphatic carbocycles. The minimum Gasteiger partial charge on any atom is -0.396 e. The van der Waals surface area contributed by atoms with Gasteiger partial charge >= 0.3 is 0 Å². The van der Waals surface area contributed by atoms with Gasteiger partial charge in [0.1, 0.15) is 16.5 Å². The van der Waals surface area contributed by atoms with Crippen molar-refractivity contribution >= 4 is 34.6 Å². The minimum absolute atomic E-state index is 0.138. The molecule has 5 heteroatoms. The first-order valence-electron chi connectivity index (χ1n) is 7.29. The maximum Gasteiger partial charge on any atom is 0.205 e. The molecule has 0 spiro atoms. The lowest BCUT2D eigenvalue weighted by molar-refractivity contribution is 0.104. The van der Waals surface area contributed by atoms with Crippen LogP contribution in [0.5, 0.6) is 0 Å². The summed E-state index contributed by atoms with van der Waals surface area (Å²) in [7, 11) is 0. The number of nitrogen functional groups attached to an aromatic ring is 1. The van der Waals surface area contributed by atoms with Crippen molar-refractivity contribution in [1.82, 2.24) is 0 Å². The lowest BCUT2D eigenvalue weighted by atomic mass is 10.1. The van der Waals surface area contributed by atoms with Gasteiger partial charge in [0.15, 0.2) is 0 Å². The summed E-state index contributed by atoms with van der Waals surface area (Å²) < 4.78 is 0.790. The lowest BCUT2D eigenvalue weighted by Gasteiger charge is -1.99. The van der Waals surface area contributed by atoms with Crippen molar-refractivity contribution in [3.8, 4) is 6.07 Å². The van der Waals surface area contributed by atoms with Crippen LogP contribution >= 0.6 is 23.1 Å². The number of carbonyl (C=O) groups is 1. The van der Waals surface area contributed by atoms with E-state index in [1.807, 2.05) is 48.5 Å². The third-order valence-corrected chi connectivity index (χ3v) is 6.03. The van der Waals surface area contributed by atoms with E-state index in [-0.39, 0.29) is 11.5 Å². The summed E-state index contributed by atoms with van der Waals surface area (Å²) in [5, 5.41) is 9.41. The Morgan fingerprint density at radius 1 is 1.08 bits per heavy atom. The van der Waals surface area contributed by atoms with E-state index >= 15 is 0 Å². The highest BCUT2D eigenvalue weighted by Gasteiger charge is 2.22. The molecule has 24 heavy (non-hydrogen) atoms. The van der Waals surface area contributed by atoms with E-state index in [0.717, 1.165) is 15.5 Å². The Labute approximate surface area is 148 Å². The number of nitrogens with zero attached hydrogens (tertiary/aromatic N) is 1. The van der Waals surface area contributed by atoms with Gasteiger partial charge in [0, 0.05) is 11.3 Å². The lowest BCUT2D eigenvalue weighted by Crippen LogP contribution is -2.02. The number of hydrogen-bond donors (Lipinski definition) is 1. The normalized spacial score (nSPS) is 10.3. The van der Waals surface area contributed by atoms with Crippen molar-refractivity contribution in [3.05, 3.63) is 82.2 Å². The Kier molecular flexibility index (Phi) is 4.99. The fourth-order valence-corrected chi connectivity index (χ4v) is 4.56. The van der Waals surface area contributed by atoms with Crippen LogP contribution in [0.25, 0.3) is 0 Å². The van der Waals surface area contributed by atoms with Gasteiger partial charge in [-0.3, -0.25) is 4.79 Å². The molecule has 0 unspecified atom stereocenters. The summed E-state index contributed by atoms with van der Waals surface area (Å²) in [5.41, 5.74) is 8.50. The molecule has 3 aromatic rings. The number of rotatable bonds is 5. The van der Waals surface area contributed by atoms with Crippen LogP contribution in [0.1, 0.15) is 26.4 Å². The van der Waals surface area contributed by atoms with Crippen molar-refractivity contribution in [1.29, 1.82) is 5.26 Å². The van der Waals surface area contributed by atoms with E-state index in [9.17, 15) is 10.1 Å². The van der Waals surface area contributed by atoms with Crippen molar-refractivity contribution in [2.45, 2.75) is 9.96 Å². The average Bonchev–Trinajstić information content (AvgIpc) is 2.96. The van der Waals surface area contributed by atoms with Crippen molar-refractivity contribution < 1.29 is 4.79 Å².